The molecule has 20 heavy (non-hydrogen) atoms. The molecule has 0 amide bonds. The third-order valence-electron chi connectivity index (χ3n) is 3.14. The van der Waals surface area contributed by atoms with Gasteiger partial charge in [-0.25, -0.2) is 0 Å². The van der Waals surface area contributed by atoms with Crippen molar-refractivity contribution in [1.29, 1.82) is 0 Å². The van der Waals surface area contributed by atoms with Crippen molar-refractivity contribution in [3.8, 4) is 5.75 Å². The number of ether oxygens (including phenoxy) is 2. The maximum Gasteiger partial charge on any atom is 0.310 e. The molecule has 0 aliphatic rings. The SMILES string of the molecule is CCCCOc1ccc(CC(=O)OC)c2cccnc12. The van der Waals surface area contributed by atoms with Crippen molar-refractivity contribution in [3.05, 3.63) is 36.0 Å². The number of hydrogen-bond acceptors (Lipinski definition) is 4. The van der Waals surface area contributed by atoms with Crippen molar-refractivity contribution in [2.75, 3.05) is 13.7 Å². The Morgan fingerprint density at radius 3 is 2.90 bits per heavy atom. The largest absolute Gasteiger partial charge is 0.491 e. The Balaban J connectivity index is 2.33. The predicted octanol–water partition coefficient (Wildman–Crippen LogP) is 3.13. The van der Waals surface area contributed by atoms with E-state index in [1.165, 1.54) is 7.11 Å². The van der Waals surface area contributed by atoms with Crippen molar-refractivity contribution in [3.63, 3.8) is 0 Å². The highest BCUT2D eigenvalue weighted by atomic mass is 16.5. The Kier molecular flexibility index (Phi) is 4.93. The van der Waals surface area contributed by atoms with Gasteiger partial charge in [-0.3, -0.25) is 9.78 Å². The second kappa shape index (κ2) is 6.89. The smallest absolute Gasteiger partial charge is 0.310 e. The molecule has 0 aliphatic heterocycles. The summed E-state index contributed by atoms with van der Waals surface area (Å²) < 4.78 is 10.5. The van der Waals surface area contributed by atoms with Gasteiger partial charge in [-0.15, -0.1) is 0 Å². The molecule has 1 aromatic carbocycles. The van der Waals surface area contributed by atoms with E-state index in [9.17, 15) is 4.79 Å². The molecule has 1 heterocycles. The summed E-state index contributed by atoms with van der Waals surface area (Å²) in [7, 11) is 1.39. The number of carbonyl (C=O) groups excluding carboxylic acids is 1. The van der Waals surface area contributed by atoms with Crippen LogP contribution in [0.2, 0.25) is 0 Å². The number of fused-ring (bicyclic) bond motifs is 1. The van der Waals surface area contributed by atoms with Gasteiger partial charge in [-0.1, -0.05) is 25.5 Å². The summed E-state index contributed by atoms with van der Waals surface area (Å²) in [5, 5.41) is 0.937. The molecule has 0 aliphatic carbocycles. The number of hydrogen-bond donors (Lipinski definition) is 0. The molecule has 0 N–H and O–H groups in total. The highest BCUT2D eigenvalue weighted by Crippen LogP contribution is 2.27. The zero-order valence-electron chi connectivity index (χ0n) is 11.9. The van der Waals surface area contributed by atoms with Crippen LogP contribution in [0.1, 0.15) is 25.3 Å². The third-order valence-corrected chi connectivity index (χ3v) is 3.14. The first-order valence-electron chi connectivity index (χ1n) is 6.82. The van der Waals surface area contributed by atoms with Crippen LogP contribution in [0, 0.1) is 0 Å². The highest BCUT2D eigenvalue weighted by Gasteiger charge is 2.11. The first kappa shape index (κ1) is 14.3. The summed E-state index contributed by atoms with van der Waals surface area (Å²) in [6.45, 7) is 2.80. The monoisotopic (exact) mass is 273 g/mol. The number of benzene rings is 1. The molecule has 0 saturated heterocycles. The Morgan fingerprint density at radius 1 is 1.30 bits per heavy atom. The average Bonchev–Trinajstić information content (AvgIpc) is 2.49. The molecule has 0 saturated carbocycles. The van der Waals surface area contributed by atoms with Crippen molar-refractivity contribution in [2.24, 2.45) is 0 Å². The summed E-state index contributed by atoms with van der Waals surface area (Å²) in [5.74, 6) is 0.512. The summed E-state index contributed by atoms with van der Waals surface area (Å²) in [6, 6.07) is 7.59. The summed E-state index contributed by atoms with van der Waals surface area (Å²) >= 11 is 0. The fourth-order valence-electron chi connectivity index (χ4n) is 2.03. The van der Waals surface area contributed by atoms with Gasteiger partial charge in [0.1, 0.15) is 11.3 Å². The second-order valence-corrected chi connectivity index (χ2v) is 4.58. The van der Waals surface area contributed by atoms with E-state index in [1.807, 2.05) is 24.3 Å². The molecular weight excluding hydrogens is 254 g/mol. The first-order chi connectivity index (χ1) is 9.76. The summed E-state index contributed by atoms with van der Waals surface area (Å²) in [5.41, 5.74) is 1.70. The van der Waals surface area contributed by atoms with Crippen LogP contribution in [0.3, 0.4) is 0 Å². The molecular formula is C16H19NO3. The minimum atomic E-state index is -0.255. The fraction of sp³-hybridized carbons (Fsp3) is 0.375. The van der Waals surface area contributed by atoms with Gasteiger partial charge in [0.05, 0.1) is 20.1 Å². The first-order valence-corrected chi connectivity index (χ1v) is 6.82. The van der Waals surface area contributed by atoms with Crippen molar-refractivity contribution < 1.29 is 14.3 Å². The highest BCUT2D eigenvalue weighted by molar-refractivity contribution is 5.90. The lowest BCUT2D eigenvalue weighted by atomic mass is 10.0. The van der Waals surface area contributed by atoms with E-state index in [0.717, 1.165) is 35.1 Å². The minimum Gasteiger partial charge on any atom is -0.491 e. The third kappa shape index (κ3) is 3.26. The minimum absolute atomic E-state index is 0.244. The van der Waals surface area contributed by atoms with Crippen LogP contribution in [0.25, 0.3) is 10.9 Å². The molecule has 1 aromatic heterocycles. The quantitative estimate of drug-likeness (QED) is 0.599. The van der Waals surface area contributed by atoms with Gasteiger partial charge >= 0.3 is 5.97 Å². The number of carbonyl (C=O) groups is 1. The van der Waals surface area contributed by atoms with Gasteiger partial charge in [-0.05, 0) is 24.1 Å². The number of aromatic nitrogens is 1. The molecule has 2 aromatic rings. The Bertz CT molecular complexity index is 595. The van der Waals surface area contributed by atoms with Crippen molar-refractivity contribution >= 4 is 16.9 Å². The number of unbranched alkanes of at least 4 members (excludes halogenated alkanes) is 1. The van der Waals surface area contributed by atoms with Crippen LogP contribution >= 0.6 is 0 Å². The van der Waals surface area contributed by atoms with Crippen molar-refractivity contribution in [1.82, 2.24) is 4.98 Å². The van der Waals surface area contributed by atoms with E-state index in [1.54, 1.807) is 6.20 Å². The lowest BCUT2D eigenvalue weighted by Gasteiger charge is -2.11. The topological polar surface area (TPSA) is 48.4 Å². The van der Waals surface area contributed by atoms with Crippen LogP contribution < -0.4 is 4.74 Å². The molecule has 106 valence electrons. The normalized spacial score (nSPS) is 10.5. The van der Waals surface area contributed by atoms with Gasteiger partial charge in [0.15, 0.2) is 0 Å². The summed E-state index contributed by atoms with van der Waals surface area (Å²) in [4.78, 5) is 15.8. The number of esters is 1. The van der Waals surface area contributed by atoms with Crippen molar-refractivity contribution in [2.45, 2.75) is 26.2 Å². The average molecular weight is 273 g/mol. The number of pyridine rings is 1. The molecule has 0 unspecified atom stereocenters. The zero-order chi connectivity index (χ0) is 14.4. The standard InChI is InChI=1S/C16H19NO3/c1-3-4-10-20-14-8-7-12(11-15(18)19-2)13-6-5-9-17-16(13)14/h5-9H,3-4,10-11H2,1-2H3. The molecule has 0 bridgehead atoms. The molecule has 0 atom stereocenters. The Labute approximate surface area is 118 Å². The van der Waals surface area contributed by atoms with E-state index in [-0.39, 0.29) is 12.4 Å². The van der Waals surface area contributed by atoms with Gasteiger partial charge < -0.3 is 9.47 Å². The second-order valence-electron chi connectivity index (χ2n) is 4.58. The van der Waals surface area contributed by atoms with Gasteiger partial charge in [-0.2, -0.15) is 0 Å². The molecule has 2 rings (SSSR count). The fourth-order valence-corrected chi connectivity index (χ4v) is 2.03. The number of rotatable bonds is 6. The predicted molar refractivity (Wildman–Crippen MR) is 77.9 cm³/mol. The Morgan fingerprint density at radius 2 is 2.15 bits per heavy atom. The van der Waals surface area contributed by atoms with E-state index >= 15 is 0 Å². The maximum atomic E-state index is 11.4. The molecule has 0 spiro atoms. The van der Waals surface area contributed by atoms with Gasteiger partial charge in [0.2, 0.25) is 0 Å². The number of methoxy groups -OCH3 is 1. The lowest BCUT2D eigenvalue weighted by Crippen LogP contribution is -2.06. The van der Waals surface area contributed by atoms with Crippen LogP contribution in [0.5, 0.6) is 5.75 Å². The van der Waals surface area contributed by atoms with E-state index in [2.05, 4.69) is 11.9 Å². The Hall–Kier alpha value is -2.10. The van der Waals surface area contributed by atoms with Gasteiger partial charge in [0.25, 0.3) is 0 Å². The molecule has 4 nitrogen and oxygen atoms in total. The lowest BCUT2D eigenvalue weighted by molar-refractivity contribution is -0.139. The maximum absolute atomic E-state index is 11.4. The van der Waals surface area contributed by atoms with Crippen LogP contribution in [-0.2, 0) is 16.0 Å². The molecule has 0 radical (unpaired) electrons. The van der Waals surface area contributed by atoms with E-state index < -0.39 is 0 Å². The van der Waals surface area contributed by atoms with E-state index in [0.29, 0.717) is 6.61 Å². The summed E-state index contributed by atoms with van der Waals surface area (Å²) in [6.07, 6.45) is 4.08. The zero-order valence-corrected chi connectivity index (χ0v) is 11.9. The number of nitrogens with zero attached hydrogens (tertiary/aromatic N) is 1. The van der Waals surface area contributed by atoms with Gasteiger partial charge in [0, 0.05) is 11.6 Å². The molecule has 0 fully saturated rings. The van der Waals surface area contributed by atoms with Crippen LogP contribution in [-0.4, -0.2) is 24.7 Å². The van der Waals surface area contributed by atoms with Crippen LogP contribution in [0.15, 0.2) is 30.5 Å². The molecule has 4 heteroatoms. The van der Waals surface area contributed by atoms with Crippen LogP contribution in [0.4, 0.5) is 0 Å². The van der Waals surface area contributed by atoms with E-state index in [4.69, 9.17) is 9.47 Å².